The van der Waals surface area contributed by atoms with Gasteiger partial charge in [0.2, 0.25) is 5.91 Å². The first-order valence-electron chi connectivity index (χ1n) is 9.84. The number of rotatable bonds is 2. The van der Waals surface area contributed by atoms with E-state index in [9.17, 15) is 9.59 Å². The highest BCUT2D eigenvalue weighted by Crippen LogP contribution is 2.46. The van der Waals surface area contributed by atoms with Gasteiger partial charge in [0.05, 0.1) is 23.0 Å². The van der Waals surface area contributed by atoms with Gasteiger partial charge in [0.25, 0.3) is 5.56 Å². The third kappa shape index (κ3) is 3.48. The maximum atomic E-state index is 12.9. The molecule has 1 saturated heterocycles. The second-order valence-electron chi connectivity index (χ2n) is 8.51. The molecule has 6 nitrogen and oxygen atoms in total. The third-order valence-electron chi connectivity index (χ3n) is 6.01. The Morgan fingerprint density at radius 1 is 1.15 bits per heavy atom. The molecule has 2 aliphatic heterocycles. The predicted molar refractivity (Wildman–Crippen MR) is 104 cm³/mol. The van der Waals surface area contributed by atoms with Gasteiger partial charge in [-0.2, -0.15) is 0 Å². The number of hydrogen-bond acceptors (Lipinski definition) is 4. The lowest BCUT2D eigenvalue weighted by Crippen LogP contribution is -2.36. The van der Waals surface area contributed by atoms with Gasteiger partial charge in [-0.05, 0) is 45.4 Å². The van der Waals surface area contributed by atoms with E-state index < -0.39 is 0 Å². The highest BCUT2D eigenvalue weighted by atomic mass is 32.2. The van der Waals surface area contributed by atoms with E-state index in [0.717, 1.165) is 31.2 Å². The fourth-order valence-corrected chi connectivity index (χ4v) is 6.11. The van der Waals surface area contributed by atoms with Crippen molar-refractivity contribution in [1.82, 2.24) is 9.78 Å². The summed E-state index contributed by atoms with van der Waals surface area (Å²) in [5.74, 6) is 1.62. The molecular formula is C19H29N3O3S. The Balaban J connectivity index is 1.72. The summed E-state index contributed by atoms with van der Waals surface area (Å²) in [6.07, 6.45) is 7.71. The van der Waals surface area contributed by atoms with Crippen molar-refractivity contribution >= 4 is 23.5 Å². The number of nitrogens with one attached hydrogen (secondary N) is 2. The van der Waals surface area contributed by atoms with Crippen LogP contribution in [0.2, 0.25) is 0 Å². The van der Waals surface area contributed by atoms with Gasteiger partial charge in [0.15, 0.2) is 0 Å². The summed E-state index contributed by atoms with van der Waals surface area (Å²) in [6, 6.07) is 0.144. The molecule has 2 atom stereocenters. The lowest BCUT2D eigenvalue weighted by molar-refractivity contribution is -0.113. The molecule has 0 radical (unpaired) electrons. The topological polar surface area (TPSA) is 76.1 Å². The molecule has 7 heteroatoms. The van der Waals surface area contributed by atoms with Crippen LogP contribution in [0.4, 0.5) is 5.82 Å². The van der Waals surface area contributed by atoms with E-state index in [2.05, 4.69) is 24.3 Å². The number of hydrogen-bond donors (Lipinski definition) is 2. The normalized spacial score (nSPS) is 29.7. The van der Waals surface area contributed by atoms with Gasteiger partial charge in [0.1, 0.15) is 5.82 Å². The van der Waals surface area contributed by atoms with E-state index in [1.807, 2.05) is 4.68 Å². The molecule has 1 amide bonds. The van der Waals surface area contributed by atoms with Crippen LogP contribution in [-0.2, 0) is 9.53 Å². The molecule has 3 heterocycles. The summed E-state index contributed by atoms with van der Waals surface area (Å²) in [5.41, 5.74) is 0.537. The SMILES string of the molecule is CC1(C)CC(n2[nH]c(=O)c3c2NC(=O)CSC3C2CCCCC2)CCO1. The lowest BCUT2D eigenvalue weighted by Gasteiger charge is -2.36. The summed E-state index contributed by atoms with van der Waals surface area (Å²) in [5, 5.41) is 6.21. The van der Waals surface area contributed by atoms with Crippen LogP contribution in [0.3, 0.4) is 0 Å². The Bertz CT molecular complexity index is 733. The van der Waals surface area contributed by atoms with Crippen LogP contribution in [0.25, 0.3) is 0 Å². The Morgan fingerprint density at radius 2 is 1.92 bits per heavy atom. The van der Waals surface area contributed by atoms with Crippen LogP contribution in [-0.4, -0.2) is 33.6 Å². The molecule has 1 aliphatic carbocycles. The number of carbonyl (C=O) groups is 1. The van der Waals surface area contributed by atoms with E-state index in [-0.39, 0.29) is 28.4 Å². The molecular weight excluding hydrogens is 350 g/mol. The molecule has 4 rings (SSSR count). The number of ether oxygens (including phenoxy) is 1. The second-order valence-corrected chi connectivity index (χ2v) is 9.64. The van der Waals surface area contributed by atoms with Gasteiger partial charge < -0.3 is 10.1 Å². The number of anilines is 1. The van der Waals surface area contributed by atoms with Crippen molar-refractivity contribution in [1.29, 1.82) is 0 Å². The maximum Gasteiger partial charge on any atom is 0.270 e. The van der Waals surface area contributed by atoms with Crippen LogP contribution in [0.1, 0.15) is 75.6 Å². The molecule has 1 aromatic heterocycles. The van der Waals surface area contributed by atoms with Crippen molar-refractivity contribution in [3.63, 3.8) is 0 Å². The van der Waals surface area contributed by atoms with Crippen molar-refractivity contribution in [2.24, 2.45) is 5.92 Å². The molecule has 26 heavy (non-hydrogen) atoms. The Morgan fingerprint density at radius 3 is 2.65 bits per heavy atom. The molecule has 2 fully saturated rings. The zero-order valence-corrected chi connectivity index (χ0v) is 16.5. The first-order chi connectivity index (χ1) is 12.4. The number of H-pyrrole nitrogens is 1. The number of carbonyl (C=O) groups excluding carboxylic acids is 1. The monoisotopic (exact) mass is 379 g/mol. The number of aromatic amines is 1. The molecule has 0 spiro atoms. The van der Waals surface area contributed by atoms with Crippen molar-refractivity contribution in [2.45, 2.75) is 75.7 Å². The number of nitrogens with zero attached hydrogens (tertiary/aromatic N) is 1. The van der Waals surface area contributed by atoms with Gasteiger partial charge >= 0.3 is 0 Å². The number of aromatic nitrogens is 2. The Kier molecular flexibility index (Phi) is 4.94. The van der Waals surface area contributed by atoms with Crippen LogP contribution in [0, 0.1) is 5.92 Å². The smallest absolute Gasteiger partial charge is 0.270 e. The van der Waals surface area contributed by atoms with Gasteiger partial charge in [-0.3, -0.25) is 19.4 Å². The average molecular weight is 380 g/mol. The van der Waals surface area contributed by atoms with Gasteiger partial charge in [0, 0.05) is 11.9 Å². The highest BCUT2D eigenvalue weighted by Gasteiger charge is 2.38. The largest absolute Gasteiger partial charge is 0.375 e. The number of thioether (sulfide) groups is 1. The van der Waals surface area contributed by atoms with E-state index >= 15 is 0 Å². The van der Waals surface area contributed by atoms with Crippen LogP contribution in [0.5, 0.6) is 0 Å². The summed E-state index contributed by atoms with van der Waals surface area (Å²) in [4.78, 5) is 25.3. The van der Waals surface area contributed by atoms with E-state index in [1.54, 1.807) is 11.8 Å². The number of fused-ring (bicyclic) bond motifs is 1. The molecule has 0 bridgehead atoms. The summed E-state index contributed by atoms with van der Waals surface area (Å²) in [6.45, 7) is 4.83. The van der Waals surface area contributed by atoms with Gasteiger partial charge in [-0.15, -0.1) is 11.8 Å². The Hall–Kier alpha value is -1.21. The summed E-state index contributed by atoms with van der Waals surface area (Å²) >= 11 is 1.65. The Labute approximate surface area is 158 Å². The summed E-state index contributed by atoms with van der Waals surface area (Å²) < 4.78 is 7.77. The standard InChI is InChI=1S/C19H29N3O3S/c1-19(2)10-13(8-9-25-19)22-17-15(18(24)21-22)16(26-11-14(23)20-17)12-6-4-3-5-7-12/h12-13,16H,3-11H2,1-2H3,(H,20,23)(H,21,24). The molecule has 2 unspecified atom stereocenters. The minimum Gasteiger partial charge on any atom is -0.375 e. The molecule has 2 N–H and O–H groups in total. The van der Waals surface area contributed by atoms with E-state index in [0.29, 0.717) is 24.1 Å². The highest BCUT2D eigenvalue weighted by molar-refractivity contribution is 8.00. The minimum atomic E-state index is -0.219. The zero-order valence-electron chi connectivity index (χ0n) is 15.7. The third-order valence-corrected chi connectivity index (χ3v) is 7.42. The lowest BCUT2D eigenvalue weighted by atomic mass is 9.84. The molecule has 0 aromatic carbocycles. The van der Waals surface area contributed by atoms with Crippen LogP contribution >= 0.6 is 11.8 Å². The molecule has 1 saturated carbocycles. The first kappa shape index (κ1) is 18.2. The fourth-order valence-electron chi connectivity index (χ4n) is 4.77. The van der Waals surface area contributed by atoms with Gasteiger partial charge in [-0.1, -0.05) is 19.3 Å². The zero-order chi connectivity index (χ0) is 18.3. The molecule has 144 valence electrons. The molecule has 3 aliphatic rings. The van der Waals surface area contributed by atoms with Crippen molar-refractivity contribution in [3.05, 3.63) is 15.9 Å². The van der Waals surface area contributed by atoms with Crippen molar-refractivity contribution < 1.29 is 9.53 Å². The minimum absolute atomic E-state index is 0.00590. The van der Waals surface area contributed by atoms with Crippen molar-refractivity contribution in [3.8, 4) is 0 Å². The van der Waals surface area contributed by atoms with Crippen LogP contribution in [0.15, 0.2) is 4.79 Å². The fraction of sp³-hybridized carbons (Fsp3) is 0.789. The quantitative estimate of drug-likeness (QED) is 0.823. The second kappa shape index (κ2) is 7.08. The van der Waals surface area contributed by atoms with Gasteiger partial charge in [-0.25, -0.2) is 0 Å². The molecule has 1 aromatic rings. The van der Waals surface area contributed by atoms with E-state index in [4.69, 9.17) is 4.74 Å². The first-order valence-corrected chi connectivity index (χ1v) is 10.9. The van der Waals surface area contributed by atoms with Crippen molar-refractivity contribution in [2.75, 3.05) is 17.7 Å². The predicted octanol–water partition coefficient (Wildman–Crippen LogP) is 3.61. The average Bonchev–Trinajstić information content (AvgIpc) is 2.81. The maximum absolute atomic E-state index is 12.9. The van der Waals surface area contributed by atoms with Crippen LogP contribution < -0.4 is 10.9 Å². The number of amides is 1. The van der Waals surface area contributed by atoms with E-state index in [1.165, 1.54) is 19.3 Å². The summed E-state index contributed by atoms with van der Waals surface area (Å²) in [7, 11) is 0.